The van der Waals surface area contributed by atoms with E-state index < -0.39 is 0 Å². The van der Waals surface area contributed by atoms with E-state index in [9.17, 15) is 0 Å². The number of fused-ring (bicyclic) bond motifs is 4. The van der Waals surface area contributed by atoms with E-state index in [0.29, 0.717) is 17.4 Å². The first-order valence-corrected chi connectivity index (χ1v) is 15.3. The molecule has 0 unspecified atom stereocenters. The van der Waals surface area contributed by atoms with Crippen molar-refractivity contribution in [3.05, 3.63) is 164 Å². The Kier molecular flexibility index (Phi) is 7.47. The summed E-state index contributed by atoms with van der Waals surface area (Å²) in [5, 5.41) is 6.99. The Labute approximate surface area is 291 Å². The van der Waals surface area contributed by atoms with Gasteiger partial charge in [0.1, 0.15) is 0 Å². The van der Waals surface area contributed by atoms with Crippen LogP contribution in [0.2, 0.25) is 0 Å². The van der Waals surface area contributed by atoms with Crippen molar-refractivity contribution in [2.45, 2.75) is 6.92 Å². The Morgan fingerprint density at radius 2 is 1.50 bits per heavy atom. The smallest absolute Gasteiger partial charge is 0.267 e. The molecular weight excluding hydrogens is 776 g/mol. The minimum atomic E-state index is 0. The third-order valence-corrected chi connectivity index (χ3v) is 8.34. The molecule has 4 aromatic heterocycles. The van der Waals surface area contributed by atoms with Gasteiger partial charge in [0.25, 0.3) is 12.3 Å². The summed E-state index contributed by atoms with van der Waals surface area (Å²) in [6, 6.07) is 49.8. The molecule has 0 aliphatic rings. The molecule has 8 heteroatoms. The summed E-state index contributed by atoms with van der Waals surface area (Å²) in [7, 11) is 0. The van der Waals surface area contributed by atoms with Crippen LogP contribution in [0.4, 0.5) is 0 Å². The van der Waals surface area contributed by atoms with Gasteiger partial charge in [-0.25, -0.2) is 4.52 Å². The van der Waals surface area contributed by atoms with E-state index in [0.717, 1.165) is 50.1 Å². The van der Waals surface area contributed by atoms with Gasteiger partial charge in [0, 0.05) is 56.2 Å². The van der Waals surface area contributed by atoms with Gasteiger partial charge in [-0.05, 0) is 59.5 Å². The normalized spacial score (nSPS) is 11.3. The first-order chi connectivity index (χ1) is 23.2. The number of hydrogen-bond acceptors (Lipinski definition) is 3. The molecule has 0 saturated carbocycles. The molecule has 0 radical (unpaired) electrons. The van der Waals surface area contributed by atoms with Gasteiger partial charge in [-0.1, -0.05) is 72.2 Å². The SMILES string of the molecule is Cc1cccc2nc(-n3c4[c-]c(Oc5[c-]c(-n6[c-][n+](-c7cccc(-c8ccccc8)c7)cc6)ccc5)ccc4c4ccccc43)nn12.[Pt]. The molecule has 0 N–H and O–H groups in total. The molecule has 7 nitrogen and oxygen atoms in total. The Morgan fingerprint density at radius 1 is 0.708 bits per heavy atom. The number of rotatable bonds is 6. The molecule has 5 aromatic carbocycles. The van der Waals surface area contributed by atoms with Gasteiger partial charge in [0.2, 0.25) is 0 Å². The number of imidazole rings is 1. The van der Waals surface area contributed by atoms with Gasteiger partial charge in [0.15, 0.2) is 5.65 Å². The molecule has 0 aliphatic heterocycles. The molecule has 0 aliphatic carbocycles. The van der Waals surface area contributed by atoms with Crippen molar-refractivity contribution in [1.29, 1.82) is 0 Å². The van der Waals surface area contributed by atoms with Crippen LogP contribution in [0.5, 0.6) is 11.5 Å². The molecule has 48 heavy (non-hydrogen) atoms. The van der Waals surface area contributed by atoms with E-state index in [1.165, 1.54) is 5.56 Å². The molecule has 0 atom stereocenters. The average molecular weight is 802 g/mol. The number of benzene rings is 5. The fourth-order valence-corrected chi connectivity index (χ4v) is 6.08. The van der Waals surface area contributed by atoms with E-state index in [4.69, 9.17) is 14.8 Å². The van der Waals surface area contributed by atoms with Crippen LogP contribution in [0.3, 0.4) is 0 Å². The number of ether oxygens (including phenoxy) is 1. The molecule has 0 saturated heterocycles. The van der Waals surface area contributed by atoms with Crippen molar-refractivity contribution in [2.75, 3.05) is 0 Å². The molecule has 0 spiro atoms. The number of aryl methyl sites for hydroxylation is 1. The summed E-state index contributed by atoms with van der Waals surface area (Å²) in [5.41, 5.74) is 7.79. The van der Waals surface area contributed by atoms with E-state index in [-0.39, 0.29) is 21.1 Å². The van der Waals surface area contributed by atoms with Gasteiger partial charge < -0.3 is 13.9 Å². The molecule has 0 amide bonds. The van der Waals surface area contributed by atoms with Crippen molar-refractivity contribution >= 4 is 27.5 Å². The second-order valence-electron chi connectivity index (χ2n) is 11.3. The fourth-order valence-electron chi connectivity index (χ4n) is 6.08. The number of aromatic nitrogens is 6. The summed E-state index contributed by atoms with van der Waals surface area (Å²) in [5.74, 6) is 1.72. The first-order valence-electron chi connectivity index (χ1n) is 15.3. The standard InChI is InChI=1S/C40H26N6O.Pt/c1-28-10-7-19-39-41-40(42-46(28)39)45-37-18-6-5-17-35(37)36-21-20-34(26-38(36)45)47-33-16-9-15-32(25-33)44-23-22-43(27-44)31-14-8-13-30(24-31)29-11-3-2-4-12-29;/h2-24H,1H3;/q-2;. The van der Waals surface area contributed by atoms with Crippen LogP contribution < -0.4 is 9.30 Å². The minimum Gasteiger partial charge on any atom is -0.510 e. The zero-order valence-corrected chi connectivity index (χ0v) is 28.0. The van der Waals surface area contributed by atoms with E-state index in [2.05, 4.69) is 85.2 Å². The van der Waals surface area contributed by atoms with E-state index in [1.54, 1.807) is 0 Å². The van der Waals surface area contributed by atoms with Crippen LogP contribution in [-0.2, 0) is 21.1 Å². The topological polar surface area (TPSA) is 53.2 Å². The molecule has 234 valence electrons. The largest absolute Gasteiger partial charge is 0.510 e. The molecule has 4 heterocycles. The van der Waals surface area contributed by atoms with Crippen molar-refractivity contribution in [1.82, 2.24) is 23.7 Å². The summed E-state index contributed by atoms with van der Waals surface area (Å²) >= 11 is 0. The maximum Gasteiger partial charge on any atom is 0.267 e. The van der Waals surface area contributed by atoms with E-state index in [1.807, 2.05) is 98.2 Å². The molecular formula is C40H26N6OPt-2. The van der Waals surface area contributed by atoms with Gasteiger partial charge >= 0.3 is 0 Å². The van der Waals surface area contributed by atoms with Gasteiger partial charge in [-0.3, -0.25) is 4.57 Å². The Morgan fingerprint density at radius 3 is 2.40 bits per heavy atom. The number of hydrogen-bond donors (Lipinski definition) is 0. The zero-order valence-electron chi connectivity index (χ0n) is 25.7. The predicted octanol–water partition coefficient (Wildman–Crippen LogP) is 8.06. The summed E-state index contributed by atoms with van der Waals surface area (Å²) in [6.07, 6.45) is 7.36. The zero-order chi connectivity index (χ0) is 31.3. The Balaban J connectivity index is 0.00000336. The molecule has 9 aromatic rings. The van der Waals surface area contributed by atoms with Crippen LogP contribution in [0, 0.1) is 25.4 Å². The second kappa shape index (κ2) is 12.1. The van der Waals surface area contributed by atoms with Gasteiger partial charge in [0.05, 0.1) is 5.69 Å². The monoisotopic (exact) mass is 801 g/mol. The van der Waals surface area contributed by atoms with Crippen LogP contribution in [0.25, 0.3) is 55.9 Å². The maximum absolute atomic E-state index is 6.37. The quantitative estimate of drug-likeness (QED) is 0.126. The molecule has 0 bridgehead atoms. The predicted molar refractivity (Wildman–Crippen MR) is 181 cm³/mol. The Bertz CT molecular complexity index is 2580. The molecule has 9 rings (SSSR count). The van der Waals surface area contributed by atoms with Crippen LogP contribution in [0.15, 0.2) is 140 Å². The third kappa shape index (κ3) is 5.19. The van der Waals surface area contributed by atoms with Crippen molar-refractivity contribution in [2.24, 2.45) is 0 Å². The number of para-hydroxylation sites is 1. The fraction of sp³-hybridized carbons (Fsp3) is 0.0250. The summed E-state index contributed by atoms with van der Waals surface area (Å²) in [6.45, 7) is 2.02. The van der Waals surface area contributed by atoms with Gasteiger partial charge in [-0.2, -0.15) is 23.2 Å². The summed E-state index contributed by atoms with van der Waals surface area (Å²) in [4.78, 5) is 4.86. The Hall–Kier alpha value is -5.78. The minimum absolute atomic E-state index is 0. The van der Waals surface area contributed by atoms with Crippen molar-refractivity contribution in [3.8, 4) is 39.9 Å². The van der Waals surface area contributed by atoms with E-state index >= 15 is 0 Å². The third-order valence-electron chi connectivity index (χ3n) is 8.34. The van der Waals surface area contributed by atoms with Crippen molar-refractivity contribution < 1.29 is 30.4 Å². The number of pyridine rings is 1. The number of nitrogens with zero attached hydrogens (tertiary/aromatic N) is 6. The van der Waals surface area contributed by atoms with Crippen molar-refractivity contribution in [3.63, 3.8) is 0 Å². The second-order valence-corrected chi connectivity index (χ2v) is 11.3. The summed E-state index contributed by atoms with van der Waals surface area (Å²) < 4.78 is 14.2. The first kappa shape index (κ1) is 29.6. The average Bonchev–Trinajstić information content (AvgIpc) is 3.86. The van der Waals surface area contributed by atoms with Crippen LogP contribution in [0.1, 0.15) is 5.69 Å². The maximum atomic E-state index is 6.37. The van der Waals surface area contributed by atoms with Gasteiger partial charge in [-0.15, -0.1) is 34.8 Å². The van der Waals surface area contributed by atoms with Crippen LogP contribution >= 0.6 is 0 Å². The molecule has 0 fully saturated rings. The van der Waals surface area contributed by atoms with Crippen LogP contribution in [-0.4, -0.2) is 23.7 Å².